The lowest BCUT2D eigenvalue weighted by Gasteiger charge is -2.28. The number of hydrogen-bond acceptors (Lipinski definition) is 4. The monoisotopic (exact) mass is 378 g/mol. The molecular formula is C22H26N4O2. The zero-order chi connectivity index (χ0) is 19.4. The number of nitrogens with zero attached hydrogens (tertiary/aromatic N) is 3. The van der Waals surface area contributed by atoms with E-state index < -0.39 is 0 Å². The fraction of sp³-hybridized carbons (Fsp3) is 0.500. The molecule has 0 spiro atoms. The van der Waals surface area contributed by atoms with Crippen LogP contribution in [0.15, 0.2) is 28.9 Å². The van der Waals surface area contributed by atoms with Gasteiger partial charge in [0.25, 0.3) is 5.91 Å². The highest BCUT2D eigenvalue weighted by Crippen LogP contribution is 2.49. The lowest BCUT2D eigenvalue weighted by Crippen LogP contribution is -2.40. The lowest BCUT2D eigenvalue weighted by molar-refractivity contribution is 0.0917. The van der Waals surface area contributed by atoms with Gasteiger partial charge in [-0.05, 0) is 69.1 Å². The Morgan fingerprint density at radius 2 is 2.21 bits per heavy atom. The first-order valence-electron chi connectivity index (χ1n) is 10.2. The number of rotatable bonds is 4. The Balaban J connectivity index is 1.51. The highest BCUT2D eigenvalue weighted by atomic mass is 16.3. The van der Waals surface area contributed by atoms with Gasteiger partial charge in [0.1, 0.15) is 5.69 Å². The zero-order valence-corrected chi connectivity index (χ0v) is 16.6. The van der Waals surface area contributed by atoms with Crippen molar-refractivity contribution in [3.8, 4) is 11.5 Å². The minimum atomic E-state index is -0.0495. The Hall–Kier alpha value is -2.63. The van der Waals surface area contributed by atoms with E-state index in [0.717, 1.165) is 22.9 Å². The molecule has 3 aromatic heterocycles. The van der Waals surface area contributed by atoms with Crippen LogP contribution in [0.25, 0.3) is 22.5 Å². The highest BCUT2D eigenvalue weighted by Gasteiger charge is 2.42. The summed E-state index contributed by atoms with van der Waals surface area (Å²) in [5.74, 6) is 2.84. The standard InChI is InChI=1S/C22H26N4O2/c1-12(16-10-14-6-7-15(16)9-14)23-22(27)17-11-18(19-5-4-8-28-19)24-21-20(17)13(2)25-26(21)3/h4-5,8,11-12,14-16H,6-7,9-10H2,1-3H3,(H,23,27)/t12-,14-,15-,16+/m1/s1. The molecule has 6 heteroatoms. The lowest BCUT2D eigenvalue weighted by atomic mass is 9.84. The van der Waals surface area contributed by atoms with E-state index in [0.29, 0.717) is 28.6 Å². The van der Waals surface area contributed by atoms with Crippen molar-refractivity contribution in [2.24, 2.45) is 24.8 Å². The maximum Gasteiger partial charge on any atom is 0.252 e. The van der Waals surface area contributed by atoms with E-state index in [4.69, 9.17) is 9.40 Å². The van der Waals surface area contributed by atoms with E-state index in [1.807, 2.05) is 32.2 Å². The number of amides is 1. The fourth-order valence-corrected chi connectivity index (χ4v) is 5.47. The van der Waals surface area contributed by atoms with Gasteiger partial charge in [-0.15, -0.1) is 0 Å². The molecule has 0 saturated heterocycles. The van der Waals surface area contributed by atoms with E-state index in [-0.39, 0.29) is 11.9 Å². The molecule has 3 heterocycles. The number of aryl methyl sites for hydroxylation is 2. The second-order valence-electron chi connectivity index (χ2n) is 8.54. The van der Waals surface area contributed by atoms with Crippen molar-refractivity contribution >= 4 is 16.9 Å². The van der Waals surface area contributed by atoms with Gasteiger partial charge in [0, 0.05) is 13.1 Å². The van der Waals surface area contributed by atoms with Crippen LogP contribution in [0.4, 0.5) is 0 Å². The zero-order valence-electron chi connectivity index (χ0n) is 16.6. The van der Waals surface area contributed by atoms with Gasteiger partial charge in [0.05, 0.1) is 22.9 Å². The molecule has 6 nitrogen and oxygen atoms in total. The number of hydrogen-bond donors (Lipinski definition) is 1. The van der Waals surface area contributed by atoms with Crippen LogP contribution in [0.1, 0.15) is 48.7 Å². The first-order chi connectivity index (χ1) is 13.5. The van der Waals surface area contributed by atoms with Crippen molar-refractivity contribution in [2.75, 3.05) is 0 Å². The second-order valence-corrected chi connectivity index (χ2v) is 8.54. The molecule has 0 aliphatic heterocycles. The van der Waals surface area contributed by atoms with E-state index >= 15 is 0 Å². The summed E-state index contributed by atoms with van der Waals surface area (Å²) < 4.78 is 7.25. The number of furan rings is 1. The summed E-state index contributed by atoms with van der Waals surface area (Å²) in [6.07, 6.45) is 6.90. The Labute approximate surface area is 164 Å². The van der Waals surface area contributed by atoms with Crippen LogP contribution in [-0.4, -0.2) is 26.7 Å². The van der Waals surface area contributed by atoms with Crippen LogP contribution < -0.4 is 5.32 Å². The number of carbonyl (C=O) groups is 1. The first kappa shape index (κ1) is 17.5. The molecule has 3 aromatic rings. The number of pyridine rings is 1. The quantitative estimate of drug-likeness (QED) is 0.742. The largest absolute Gasteiger partial charge is 0.463 e. The Morgan fingerprint density at radius 3 is 2.89 bits per heavy atom. The Morgan fingerprint density at radius 1 is 1.36 bits per heavy atom. The average molecular weight is 378 g/mol. The fourth-order valence-electron chi connectivity index (χ4n) is 5.47. The third-order valence-corrected chi connectivity index (χ3v) is 6.78. The predicted octanol–water partition coefficient (Wildman–Crippen LogP) is 4.09. The molecule has 2 saturated carbocycles. The van der Waals surface area contributed by atoms with E-state index in [2.05, 4.69) is 17.3 Å². The summed E-state index contributed by atoms with van der Waals surface area (Å²) in [6.45, 7) is 4.08. The van der Waals surface area contributed by atoms with Gasteiger partial charge in [-0.3, -0.25) is 9.48 Å². The van der Waals surface area contributed by atoms with Crippen LogP contribution in [0.5, 0.6) is 0 Å². The van der Waals surface area contributed by atoms with Crippen LogP contribution in [0, 0.1) is 24.7 Å². The summed E-state index contributed by atoms with van der Waals surface area (Å²) in [4.78, 5) is 18.0. The Kier molecular flexibility index (Phi) is 4.03. The summed E-state index contributed by atoms with van der Waals surface area (Å²) in [7, 11) is 1.85. The molecule has 5 rings (SSSR count). The summed E-state index contributed by atoms with van der Waals surface area (Å²) in [5.41, 5.74) is 2.79. The SMILES string of the molecule is Cc1nn(C)c2nc(-c3ccco3)cc(C(=O)N[C@H](C)[C@@H]3C[C@@H]4CC[C@@H]3C4)c12. The van der Waals surface area contributed by atoms with Crippen molar-refractivity contribution in [1.29, 1.82) is 0 Å². The summed E-state index contributed by atoms with van der Waals surface area (Å²) >= 11 is 0. The van der Waals surface area contributed by atoms with Gasteiger partial charge in [0.15, 0.2) is 11.4 Å². The normalized spacial score (nSPS) is 24.8. The molecule has 4 atom stereocenters. The Bertz CT molecular complexity index is 1040. The smallest absolute Gasteiger partial charge is 0.252 e. The molecular weight excluding hydrogens is 352 g/mol. The van der Waals surface area contributed by atoms with E-state index in [1.54, 1.807) is 10.9 Å². The second kappa shape index (κ2) is 6.47. The maximum atomic E-state index is 13.3. The van der Waals surface area contributed by atoms with Gasteiger partial charge in [-0.2, -0.15) is 5.10 Å². The van der Waals surface area contributed by atoms with Crippen LogP contribution >= 0.6 is 0 Å². The van der Waals surface area contributed by atoms with E-state index in [9.17, 15) is 4.79 Å². The molecule has 146 valence electrons. The van der Waals surface area contributed by atoms with Crippen LogP contribution in [0.2, 0.25) is 0 Å². The number of nitrogens with one attached hydrogen (secondary N) is 1. The van der Waals surface area contributed by atoms with Crippen molar-refractivity contribution in [2.45, 2.75) is 45.6 Å². The first-order valence-corrected chi connectivity index (χ1v) is 10.2. The molecule has 2 aliphatic carbocycles. The van der Waals surface area contributed by atoms with E-state index in [1.165, 1.54) is 25.7 Å². The third-order valence-electron chi connectivity index (χ3n) is 6.78. The van der Waals surface area contributed by atoms with Gasteiger partial charge in [-0.25, -0.2) is 4.98 Å². The summed E-state index contributed by atoms with van der Waals surface area (Å²) in [5, 5.41) is 8.59. The van der Waals surface area contributed by atoms with Gasteiger partial charge >= 0.3 is 0 Å². The minimum absolute atomic E-state index is 0.0495. The molecule has 2 fully saturated rings. The molecule has 0 aromatic carbocycles. The molecule has 2 aliphatic rings. The topological polar surface area (TPSA) is 73.0 Å². The predicted molar refractivity (Wildman–Crippen MR) is 107 cm³/mol. The number of fused-ring (bicyclic) bond motifs is 3. The van der Waals surface area contributed by atoms with Gasteiger partial charge < -0.3 is 9.73 Å². The molecule has 28 heavy (non-hydrogen) atoms. The minimum Gasteiger partial charge on any atom is -0.463 e. The third kappa shape index (κ3) is 2.74. The molecule has 1 amide bonds. The number of carbonyl (C=O) groups excluding carboxylic acids is 1. The van der Waals surface area contributed by atoms with Crippen molar-refractivity contribution in [1.82, 2.24) is 20.1 Å². The molecule has 0 radical (unpaired) electrons. The van der Waals surface area contributed by atoms with Crippen molar-refractivity contribution in [3.63, 3.8) is 0 Å². The molecule has 2 bridgehead atoms. The van der Waals surface area contributed by atoms with Crippen molar-refractivity contribution in [3.05, 3.63) is 35.7 Å². The average Bonchev–Trinajstić information content (AvgIpc) is 3.46. The molecule has 0 unspecified atom stereocenters. The van der Waals surface area contributed by atoms with Gasteiger partial charge in [-0.1, -0.05) is 6.42 Å². The highest BCUT2D eigenvalue weighted by molar-refractivity contribution is 6.07. The molecule has 1 N–H and O–H groups in total. The maximum absolute atomic E-state index is 13.3. The van der Waals surface area contributed by atoms with Crippen LogP contribution in [0.3, 0.4) is 0 Å². The van der Waals surface area contributed by atoms with Crippen molar-refractivity contribution < 1.29 is 9.21 Å². The summed E-state index contributed by atoms with van der Waals surface area (Å²) in [6, 6.07) is 5.69. The number of aromatic nitrogens is 3. The van der Waals surface area contributed by atoms with Gasteiger partial charge in [0.2, 0.25) is 0 Å². The van der Waals surface area contributed by atoms with Crippen LogP contribution in [-0.2, 0) is 7.05 Å².